The zero-order chi connectivity index (χ0) is 13.4. The van der Waals surface area contributed by atoms with Crippen molar-refractivity contribution < 1.29 is 4.79 Å². The first-order valence-corrected chi connectivity index (χ1v) is 5.93. The maximum absolute atomic E-state index is 10.3. The summed E-state index contributed by atoms with van der Waals surface area (Å²) < 4.78 is 0. The molecule has 0 atom stereocenters. The Bertz CT molecular complexity index is 220. The molecule has 1 N–H and O–H groups in total. The molecule has 2 nitrogen and oxygen atoms in total. The highest BCUT2D eigenvalue weighted by atomic mass is 35.5. The van der Waals surface area contributed by atoms with Crippen LogP contribution in [0.25, 0.3) is 0 Å². The number of amides is 1. The summed E-state index contributed by atoms with van der Waals surface area (Å²) in [5.74, 6) is 0. The van der Waals surface area contributed by atoms with Crippen molar-refractivity contribution in [1.82, 2.24) is 5.32 Å². The van der Waals surface area contributed by atoms with Gasteiger partial charge in [-0.3, -0.25) is 4.79 Å². The van der Waals surface area contributed by atoms with Crippen LogP contribution < -0.4 is 5.32 Å². The molecule has 1 amide bonds. The zero-order valence-electron chi connectivity index (χ0n) is 11.0. The lowest BCUT2D eigenvalue weighted by atomic mass is 10.2. The minimum Gasteiger partial charge on any atom is -0.339 e. The van der Waals surface area contributed by atoms with E-state index in [2.05, 4.69) is 11.9 Å². The lowest BCUT2D eigenvalue weighted by molar-refractivity contribution is 0.260. The molecule has 16 heavy (non-hydrogen) atoms. The summed E-state index contributed by atoms with van der Waals surface area (Å²) in [6.07, 6.45) is 7.23. The first-order valence-electron chi connectivity index (χ1n) is 5.55. The van der Waals surface area contributed by atoms with Crippen LogP contribution >= 0.6 is 11.6 Å². The quantitative estimate of drug-likeness (QED) is 0.435. The van der Waals surface area contributed by atoms with Gasteiger partial charge in [0.1, 0.15) is 0 Å². The van der Waals surface area contributed by atoms with Crippen molar-refractivity contribution in [3.8, 4) is 0 Å². The number of hydrogen-bond acceptors (Lipinski definition) is 1. The van der Waals surface area contributed by atoms with Gasteiger partial charge >= 0.3 is 5.37 Å². The molecular weight excluding hydrogens is 222 g/mol. The Balaban J connectivity index is -0.000000376. The second-order valence-electron chi connectivity index (χ2n) is 2.26. The summed E-state index contributed by atoms with van der Waals surface area (Å²) in [4.78, 5) is 10.3. The molecular formula is C13H24ClNO. The van der Waals surface area contributed by atoms with Crippen LogP contribution in [0, 0.1) is 0 Å². The minimum atomic E-state index is -0.532. The van der Waals surface area contributed by atoms with E-state index < -0.39 is 5.37 Å². The molecule has 0 rings (SSSR count). The van der Waals surface area contributed by atoms with Crippen molar-refractivity contribution in [1.29, 1.82) is 0 Å². The number of halogens is 1. The second kappa shape index (κ2) is 19.5. The first kappa shape index (κ1) is 20.4. The van der Waals surface area contributed by atoms with Gasteiger partial charge < -0.3 is 5.32 Å². The lowest BCUT2D eigenvalue weighted by Gasteiger charge is -1.98. The summed E-state index contributed by atoms with van der Waals surface area (Å²) in [7, 11) is 0. The molecule has 0 saturated heterocycles. The summed E-state index contributed by atoms with van der Waals surface area (Å²) in [5, 5.41) is 1.94. The van der Waals surface area contributed by atoms with Gasteiger partial charge in [0.2, 0.25) is 0 Å². The van der Waals surface area contributed by atoms with Crippen LogP contribution in [-0.2, 0) is 0 Å². The van der Waals surface area contributed by atoms with Crippen LogP contribution in [0.4, 0.5) is 4.79 Å². The fourth-order valence-corrected chi connectivity index (χ4v) is 0.633. The highest BCUT2D eigenvalue weighted by Crippen LogP contribution is 1.91. The molecule has 94 valence electrons. The van der Waals surface area contributed by atoms with E-state index in [4.69, 9.17) is 11.6 Å². The summed E-state index contributed by atoms with van der Waals surface area (Å²) in [6.45, 7) is 13.9. The van der Waals surface area contributed by atoms with Crippen LogP contribution in [0.15, 0.2) is 36.5 Å². The van der Waals surface area contributed by atoms with Crippen molar-refractivity contribution in [2.45, 2.75) is 34.6 Å². The topological polar surface area (TPSA) is 29.1 Å². The smallest absolute Gasteiger partial charge is 0.314 e. The maximum Gasteiger partial charge on any atom is 0.314 e. The molecule has 0 aromatic carbocycles. The molecule has 0 spiro atoms. The molecule has 0 radical (unpaired) electrons. The fourth-order valence-electron chi connectivity index (χ4n) is 0.566. The number of allylic oxidation sites excluding steroid dienone is 4. The molecule has 0 bridgehead atoms. The van der Waals surface area contributed by atoms with E-state index in [0.29, 0.717) is 6.54 Å². The van der Waals surface area contributed by atoms with E-state index in [1.54, 1.807) is 6.08 Å². The third kappa shape index (κ3) is 23.1. The molecule has 0 aliphatic heterocycles. The number of carbonyl (C=O) groups excluding carboxylic acids is 1. The molecule has 0 aromatic heterocycles. The molecule has 0 heterocycles. The average molecular weight is 246 g/mol. The Morgan fingerprint density at radius 3 is 2.12 bits per heavy atom. The molecule has 0 saturated carbocycles. The van der Waals surface area contributed by atoms with E-state index in [1.165, 1.54) is 0 Å². The van der Waals surface area contributed by atoms with Gasteiger partial charge in [-0.1, -0.05) is 64.2 Å². The monoisotopic (exact) mass is 245 g/mol. The average Bonchev–Trinajstić information content (AvgIpc) is 2.32. The highest BCUT2D eigenvalue weighted by Gasteiger charge is 1.91. The fraction of sp³-hybridized carbons (Fsp3) is 0.462. The van der Waals surface area contributed by atoms with Crippen molar-refractivity contribution >= 4 is 17.0 Å². The van der Waals surface area contributed by atoms with Gasteiger partial charge in [0.25, 0.3) is 0 Å². The largest absolute Gasteiger partial charge is 0.339 e. The normalized spacial score (nSPS) is 9.50. The van der Waals surface area contributed by atoms with Gasteiger partial charge in [0.05, 0.1) is 0 Å². The predicted molar refractivity (Wildman–Crippen MR) is 75.0 cm³/mol. The summed E-state index contributed by atoms with van der Waals surface area (Å²) in [5.41, 5.74) is 1.03. The number of rotatable bonds is 4. The molecule has 0 aliphatic carbocycles. The Morgan fingerprint density at radius 1 is 1.25 bits per heavy atom. The van der Waals surface area contributed by atoms with Gasteiger partial charge in [-0.2, -0.15) is 0 Å². The van der Waals surface area contributed by atoms with Gasteiger partial charge in [0, 0.05) is 6.54 Å². The second-order valence-corrected chi connectivity index (χ2v) is 2.60. The van der Waals surface area contributed by atoms with Crippen LogP contribution in [0.2, 0.25) is 0 Å². The number of carbonyl (C=O) groups is 1. The van der Waals surface area contributed by atoms with Crippen molar-refractivity contribution in [2.75, 3.05) is 6.54 Å². The lowest BCUT2D eigenvalue weighted by Crippen LogP contribution is -2.18. The van der Waals surface area contributed by atoms with Crippen molar-refractivity contribution in [2.24, 2.45) is 0 Å². The van der Waals surface area contributed by atoms with E-state index in [0.717, 1.165) is 5.57 Å². The minimum absolute atomic E-state index is 0.476. The predicted octanol–water partition coefficient (Wildman–Crippen LogP) is 4.68. The molecule has 3 heteroatoms. The number of nitrogens with one attached hydrogen (secondary N) is 1. The summed E-state index contributed by atoms with van der Waals surface area (Å²) in [6, 6.07) is 0. The van der Waals surface area contributed by atoms with E-state index in [9.17, 15) is 4.79 Å². The van der Waals surface area contributed by atoms with E-state index in [1.807, 2.05) is 52.8 Å². The van der Waals surface area contributed by atoms with Gasteiger partial charge in [0.15, 0.2) is 0 Å². The molecule has 0 aliphatic rings. The van der Waals surface area contributed by atoms with Gasteiger partial charge in [-0.25, -0.2) is 0 Å². The van der Waals surface area contributed by atoms with E-state index in [-0.39, 0.29) is 0 Å². The molecule has 0 fully saturated rings. The zero-order valence-corrected chi connectivity index (χ0v) is 11.8. The van der Waals surface area contributed by atoms with Crippen LogP contribution in [0.1, 0.15) is 34.6 Å². The van der Waals surface area contributed by atoms with Crippen molar-refractivity contribution in [3.63, 3.8) is 0 Å². The van der Waals surface area contributed by atoms with Crippen LogP contribution in [-0.4, -0.2) is 11.9 Å². The standard InChI is InChI=1S/C9H12ClNO.2C2H6/c1-3-4-5-6-8(2)7-11-9(10)12;2*1-2/h3-6H,1,7H2,2H3,(H,11,12);2*1-2H3/b5-4-,8-6+;;. The Kier molecular flexibility index (Phi) is 24.9. The molecule has 0 unspecified atom stereocenters. The Labute approximate surface area is 105 Å². The molecule has 0 aromatic rings. The van der Waals surface area contributed by atoms with Crippen LogP contribution in [0.5, 0.6) is 0 Å². The Morgan fingerprint density at radius 2 is 1.75 bits per heavy atom. The summed E-state index contributed by atoms with van der Waals surface area (Å²) >= 11 is 5.07. The maximum atomic E-state index is 10.3. The number of hydrogen-bond donors (Lipinski definition) is 1. The van der Waals surface area contributed by atoms with Crippen LogP contribution in [0.3, 0.4) is 0 Å². The van der Waals surface area contributed by atoms with Gasteiger partial charge in [-0.15, -0.1) is 0 Å². The third-order valence-corrected chi connectivity index (χ3v) is 1.27. The van der Waals surface area contributed by atoms with Crippen molar-refractivity contribution in [3.05, 3.63) is 36.5 Å². The highest BCUT2D eigenvalue weighted by molar-refractivity contribution is 6.62. The Hall–Kier alpha value is -1.02. The van der Waals surface area contributed by atoms with Gasteiger partial charge in [-0.05, 0) is 18.5 Å². The third-order valence-electron chi connectivity index (χ3n) is 1.13. The van der Waals surface area contributed by atoms with E-state index >= 15 is 0 Å². The first-order chi connectivity index (χ1) is 7.66. The SMILES string of the molecule is C=C/C=C\C=C(/C)CNC(=O)Cl.CC.CC.